The van der Waals surface area contributed by atoms with Gasteiger partial charge in [0.15, 0.2) is 0 Å². The Morgan fingerprint density at radius 3 is 1.23 bits per heavy atom. The van der Waals surface area contributed by atoms with Gasteiger partial charge in [0.25, 0.3) is 0 Å². The highest BCUT2D eigenvalue weighted by molar-refractivity contribution is 5.73. The zero-order valence-electron chi connectivity index (χ0n) is 9.18. The molecule has 0 saturated heterocycles. The standard InChI is InChI=1S/C7H18N3.N3/c1-8(2)7(9(3)4)10(5)6;1-3-2/h1-6H3;/q+1;-1. The van der Waals surface area contributed by atoms with Crippen LogP contribution in [0, 0.1) is 0 Å². The second-order valence-corrected chi connectivity index (χ2v) is 3.07. The van der Waals surface area contributed by atoms with Gasteiger partial charge >= 0.3 is 5.96 Å². The minimum Gasteiger partial charge on any atom is -0.373 e. The Kier molecular flexibility index (Phi) is 7.87. The predicted molar refractivity (Wildman–Crippen MR) is 54.6 cm³/mol. The van der Waals surface area contributed by atoms with Crippen molar-refractivity contribution >= 4 is 5.96 Å². The molecule has 6 nitrogen and oxygen atoms in total. The first-order valence-electron chi connectivity index (χ1n) is 3.75. The minimum absolute atomic E-state index is 1.19. The van der Waals surface area contributed by atoms with E-state index in [1.807, 2.05) is 42.3 Å². The van der Waals surface area contributed by atoms with E-state index in [0.717, 1.165) is 0 Å². The molecule has 0 aliphatic carbocycles. The van der Waals surface area contributed by atoms with Crippen molar-refractivity contribution in [1.29, 1.82) is 0 Å². The number of nitrogens with zero attached hydrogens (tertiary/aromatic N) is 6. The molecule has 0 radical (unpaired) electrons. The third kappa shape index (κ3) is 6.96. The van der Waals surface area contributed by atoms with Crippen LogP contribution in [0.25, 0.3) is 16.0 Å². The summed E-state index contributed by atoms with van der Waals surface area (Å²) in [5.41, 5.74) is 13.5. The Bertz CT molecular complexity index is 185. The van der Waals surface area contributed by atoms with Crippen molar-refractivity contribution in [2.75, 3.05) is 42.3 Å². The van der Waals surface area contributed by atoms with Crippen LogP contribution in [-0.4, -0.2) is 62.6 Å². The summed E-state index contributed by atoms with van der Waals surface area (Å²) >= 11 is 0. The van der Waals surface area contributed by atoms with E-state index >= 15 is 0 Å². The molecule has 0 aliphatic rings. The van der Waals surface area contributed by atoms with Gasteiger partial charge in [-0.2, -0.15) is 0 Å². The molecule has 0 aromatic carbocycles. The second kappa shape index (κ2) is 7.24. The lowest BCUT2D eigenvalue weighted by atomic mass is 10.7. The number of hydrogen-bond acceptors (Lipinski definition) is 0. The van der Waals surface area contributed by atoms with Gasteiger partial charge in [-0.05, 0) is 0 Å². The number of rotatable bonds is 0. The Morgan fingerprint density at radius 1 is 1.00 bits per heavy atom. The molecule has 0 bridgehead atoms. The van der Waals surface area contributed by atoms with Gasteiger partial charge in [0, 0.05) is 0 Å². The molecule has 13 heavy (non-hydrogen) atoms. The van der Waals surface area contributed by atoms with Crippen molar-refractivity contribution in [2.45, 2.75) is 0 Å². The first-order chi connectivity index (χ1) is 5.88. The molecule has 0 aromatic heterocycles. The van der Waals surface area contributed by atoms with Crippen molar-refractivity contribution < 1.29 is 4.58 Å². The largest absolute Gasteiger partial charge is 0.373 e. The molecule has 6 heteroatoms. The van der Waals surface area contributed by atoms with Crippen molar-refractivity contribution in [2.24, 2.45) is 0 Å². The van der Waals surface area contributed by atoms with Crippen LogP contribution < -0.4 is 0 Å². The Balaban J connectivity index is 0. The maximum absolute atomic E-state index is 6.75. The summed E-state index contributed by atoms with van der Waals surface area (Å²) < 4.78 is 2.08. The van der Waals surface area contributed by atoms with Gasteiger partial charge in [-0.3, -0.25) is 19.3 Å². The van der Waals surface area contributed by atoms with Gasteiger partial charge < -0.3 is 11.1 Å². The normalized spacial score (nSPS) is 7.54. The molecule has 0 rings (SSSR count). The molecule has 0 aliphatic heterocycles. The average Bonchev–Trinajstić information content (AvgIpc) is 1.84. The number of hydrogen-bond donors (Lipinski definition) is 0. The molecule has 0 aromatic rings. The van der Waals surface area contributed by atoms with Crippen LogP contribution in [0.5, 0.6) is 0 Å². The van der Waals surface area contributed by atoms with E-state index in [-0.39, 0.29) is 0 Å². The van der Waals surface area contributed by atoms with E-state index in [4.69, 9.17) is 11.1 Å². The SMILES string of the molecule is CN(C)C(N(C)C)=[N+](C)C.[N-]=[N+]=[N-]. The van der Waals surface area contributed by atoms with Gasteiger partial charge in [0.2, 0.25) is 0 Å². The maximum Gasteiger partial charge on any atom is 0.349 e. The predicted octanol–water partition coefficient (Wildman–Crippen LogP) is 0.604. The zero-order valence-corrected chi connectivity index (χ0v) is 9.18. The molecule has 0 atom stereocenters. The van der Waals surface area contributed by atoms with Crippen molar-refractivity contribution in [3.05, 3.63) is 16.0 Å². The zero-order chi connectivity index (χ0) is 11.0. The van der Waals surface area contributed by atoms with E-state index < -0.39 is 0 Å². The third-order valence-electron chi connectivity index (χ3n) is 1.20. The van der Waals surface area contributed by atoms with E-state index in [2.05, 4.69) is 14.4 Å². The molecule has 0 saturated carbocycles. The lowest BCUT2D eigenvalue weighted by molar-refractivity contribution is -0.475. The molecule has 0 spiro atoms. The maximum atomic E-state index is 6.75. The lowest BCUT2D eigenvalue weighted by Crippen LogP contribution is -2.40. The van der Waals surface area contributed by atoms with Gasteiger partial charge in [0.1, 0.15) is 0 Å². The highest BCUT2D eigenvalue weighted by Gasteiger charge is 2.12. The second-order valence-electron chi connectivity index (χ2n) is 3.07. The van der Waals surface area contributed by atoms with Crippen LogP contribution in [0.2, 0.25) is 0 Å². The first kappa shape index (κ1) is 14.1. The summed E-state index contributed by atoms with van der Waals surface area (Å²) in [5, 5.41) is 0. The van der Waals surface area contributed by atoms with Crippen LogP contribution >= 0.6 is 0 Å². The fraction of sp³-hybridized carbons (Fsp3) is 0.857. The third-order valence-corrected chi connectivity index (χ3v) is 1.20. The van der Waals surface area contributed by atoms with E-state index in [1.54, 1.807) is 0 Å². The summed E-state index contributed by atoms with van der Waals surface area (Å²) in [4.78, 5) is 5.67. The van der Waals surface area contributed by atoms with Crippen LogP contribution in [0.1, 0.15) is 0 Å². The highest BCUT2D eigenvalue weighted by atomic mass is 15.4. The Morgan fingerprint density at radius 2 is 1.23 bits per heavy atom. The molecular weight excluding hydrogens is 168 g/mol. The molecule has 0 heterocycles. The Hall–Kier alpha value is -1.42. The van der Waals surface area contributed by atoms with Gasteiger partial charge in [0.05, 0.1) is 42.3 Å². The number of guanidine groups is 1. The summed E-state index contributed by atoms with van der Waals surface area (Å²) in [7, 11) is 12.2. The van der Waals surface area contributed by atoms with Crippen molar-refractivity contribution in [1.82, 2.24) is 9.80 Å². The molecule has 0 N–H and O–H groups in total. The van der Waals surface area contributed by atoms with Gasteiger partial charge in [-0.1, -0.05) is 0 Å². The van der Waals surface area contributed by atoms with E-state index in [9.17, 15) is 0 Å². The lowest BCUT2D eigenvalue weighted by Gasteiger charge is -2.16. The fourth-order valence-electron chi connectivity index (χ4n) is 1.20. The molecule has 76 valence electrons. The summed E-state index contributed by atoms with van der Waals surface area (Å²) in [6.45, 7) is 0. The molecular formula is C7H18N6. The van der Waals surface area contributed by atoms with E-state index in [1.165, 1.54) is 10.9 Å². The average molecular weight is 186 g/mol. The van der Waals surface area contributed by atoms with E-state index in [0.29, 0.717) is 0 Å². The first-order valence-corrected chi connectivity index (χ1v) is 3.75. The summed E-state index contributed by atoms with van der Waals surface area (Å²) in [6, 6.07) is 0. The van der Waals surface area contributed by atoms with Gasteiger partial charge in [-0.15, -0.1) is 0 Å². The fourth-order valence-corrected chi connectivity index (χ4v) is 1.20. The molecule has 0 unspecified atom stereocenters. The topological polar surface area (TPSA) is 68.2 Å². The smallest absolute Gasteiger partial charge is 0.349 e. The Labute approximate surface area is 79.5 Å². The van der Waals surface area contributed by atoms with Crippen LogP contribution in [0.4, 0.5) is 0 Å². The van der Waals surface area contributed by atoms with Gasteiger partial charge in [-0.25, -0.2) is 0 Å². The summed E-state index contributed by atoms with van der Waals surface area (Å²) in [6.07, 6.45) is 0. The monoisotopic (exact) mass is 186 g/mol. The summed E-state index contributed by atoms with van der Waals surface area (Å²) in [5.74, 6) is 1.19. The van der Waals surface area contributed by atoms with Crippen molar-refractivity contribution in [3.8, 4) is 0 Å². The minimum atomic E-state index is 1.19. The highest BCUT2D eigenvalue weighted by Crippen LogP contribution is 1.84. The van der Waals surface area contributed by atoms with Crippen LogP contribution in [-0.2, 0) is 0 Å². The molecule has 0 fully saturated rings. The van der Waals surface area contributed by atoms with Crippen molar-refractivity contribution in [3.63, 3.8) is 0 Å². The van der Waals surface area contributed by atoms with Crippen LogP contribution in [0.15, 0.2) is 0 Å². The quantitative estimate of drug-likeness (QED) is 0.139. The van der Waals surface area contributed by atoms with Crippen LogP contribution in [0.3, 0.4) is 0 Å². The molecule has 0 amide bonds.